The van der Waals surface area contributed by atoms with Gasteiger partial charge in [0.05, 0.1) is 12.2 Å². The van der Waals surface area contributed by atoms with Crippen molar-refractivity contribution >= 4 is 0 Å². The zero-order valence-electron chi connectivity index (χ0n) is 17.9. The molecule has 0 aromatic rings. The maximum Gasteiger partial charge on any atom is 0.0719 e. The first-order valence-corrected chi connectivity index (χ1v) is 11.3. The Labute approximate surface area is 162 Å². The van der Waals surface area contributed by atoms with Crippen molar-refractivity contribution in [2.75, 3.05) is 52.4 Å². The average Bonchev–Trinajstić information content (AvgIpc) is 2.83. The summed E-state index contributed by atoms with van der Waals surface area (Å²) in [6.45, 7) is 18.9. The number of likely N-dealkylation sites (tertiary alicyclic amines) is 2. The van der Waals surface area contributed by atoms with E-state index in [-0.39, 0.29) is 5.60 Å². The van der Waals surface area contributed by atoms with Gasteiger partial charge >= 0.3 is 0 Å². The lowest BCUT2D eigenvalue weighted by Crippen LogP contribution is -2.48. The highest BCUT2D eigenvalue weighted by atomic mass is 16.5. The van der Waals surface area contributed by atoms with E-state index in [0.29, 0.717) is 6.04 Å². The highest BCUT2D eigenvalue weighted by Gasteiger charge is 2.37. The van der Waals surface area contributed by atoms with Gasteiger partial charge in [-0.2, -0.15) is 0 Å². The lowest BCUT2D eigenvalue weighted by atomic mass is 9.87. The Morgan fingerprint density at radius 1 is 0.808 bits per heavy atom. The molecule has 4 heteroatoms. The van der Waals surface area contributed by atoms with Crippen LogP contribution in [0, 0.1) is 5.92 Å². The molecule has 0 radical (unpaired) electrons. The zero-order chi connectivity index (χ0) is 18.6. The molecule has 3 aliphatic rings. The fraction of sp³-hybridized carbons (Fsp3) is 1.00. The van der Waals surface area contributed by atoms with Crippen LogP contribution in [0.2, 0.25) is 0 Å². The van der Waals surface area contributed by atoms with E-state index < -0.39 is 0 Å². The van der Waals surface area contributed by atoms with E-state index in [2.05, 4.69) is 42.4 Å². The summed E-state index contributed by atoms with van der Waals surface area (Å²) in [6.07, 6.45) is 7.89. The van der Waals surface area contributed by atoms with Crippen molar-refractivity contribution in [3.05, 3.63) is 0 Å². The molecule has 1 spiro atoms. The summed E-state index contributed by atoms with van der Waals surface area (Å²) >= 11 is 0. The second kappa shape index (κ2) is 9.36. The van der Waals surface area contributed by atoms with Crippen molar-refractivity contribution in [2.45, 2.75) is 83.9 Å². The summed E-state index contributed by atoms with van der Waals surface area (Å²) in [6, 6.07) is 1.40. The predicted molar refractivity (Wildman–Crippen MR) is 110 cm³/mol. The minimum atomic E-state index is 0.183. The second-order valence-corrected chi connectivity index (χ2v) is 9.61. The molecular weight excluding hydrogens is 322 g/mol. The first kappa shape index (κ1) is 20.6. The molecular formula is C22H43N3O. The van der Waals surface area contributed by atoms with Crippen molar-refractivity contribution in [3.63, 3.8) is 0 Å². The number of nitrogens with zero attached hydrogens (tertiary/aromatic N) is 3. The molecule has 3 aliphatic heterocycles. The second-order valence-electron chi connectivity index (χ2n) is 9.61. The maximum absolute atomic E-state index is 6.45. The van der Waals surface area contributed by atoms with Crippen LogP contribution in [0.15, 0.2) is 0 Å². The maximum atomic E-state index is 6.45. The molecule has 3 rings (SSSR count). The third-order valence-corrected chi connectivity index (χ3v) is 7.37. The number of hydrogen-bond donors (Lipinski definition) is 0. The molecule has 152 valence electrons. The van der Waals surface area contributed by atoms with Gasteiger partial charge in [0, 0.05) is 38.3 Å². The molecule has 3 heterocycles. The van der Waals surface area contributed by atoms with Crippen LogP contribution in [0.25, 0.3) is 0 Å². The number of hydrogen-bond acceptors (Lipinski definition) is 4. The third kappa shape index (κ3) is 5.43. The molecule has 0 N–H and O–H groups in total. The topological polar surface area (TPSA) is 19.0 Å². The van der Waals surface area contributed by atoms with Gasteiger partial charge in [-0.25, -0.2) is 0 Å². The van der Waals surface area contributed by atoms with Crippen molar-refractivity contribution in [1.82, 2.24) is 14.7 Å². The first-order chi connectivity index (χ1) is 12.5. The van der Waals surface area contributed by atoms with E-state index in [9.17, 15) is 0 Å². The molecule has 3 saturated heterocycles. The molecule has 0 aromatic heterocycles. The zero-order valence-corrected chi connectivity index (χ0v) is 17.9. The van der Waals surface area contributed by atoms with E-state index in [1.165, 1.54) is 77.8 Å². The van der Waals surface area contributed by atoms with Gasteiger partial charge in [0.2, 0.25) is 0 Å². The molecule has 0 aliphatic carbocycles. The SMILES string of the molecule is CC(C)N1CCC(CCN2CCOC3(CC2)CCN(C(C)C)CC3)CC1. The van der Waals surface area contributed by atoms with Crippen LogP contribution in [0.5, 0.6) is 0 Å². The fourth-order valence-corrected chi connectivity index (χ4v) is 5.13. The van der Waals surface area contributed by atoms with E-state index >= 15 is 0 Å². The Hall–Kier alpha value is -0.160. The number of ether oxygens (including phenoxy) is 1. The van der Waals surface area contributed by atoms with Crippen LogP contribution in [-0.4, -0.2) is 84.8 Å². The monoisotopic (exact) mass is 365 g/mol. The third-order valence-electron chi connectivity index (χ3n) is 7.37. The Kier molecular flexibility index (Phi) is 7.40. The largest absolute Gasteiger partial charge is 0.374 e. The van der Waals surface area contributed by atoms with E-state index in [1.54, 1.807) is 0 Å². The van der Waals surface area contributed by atoms with Crippen molar-refractivity contribution in [2.24, 2.45) is 5.92 Å². The molecule has 0 atom stereocenters. The molecule has 0 unspecified atom stereocenters. The van der Waals surface area contributed by atoms with Crippen molar-refractivity contribution in [1.29, 1.82) is 0 Å². The molecule has 0 aromatic carbocycles. The van der Waals surface area contributed by atoms with Gasteiger partial charge in [-0.1, -0.05) is 0 Å². The molecule has 4 nitrogen and oxygen atoms in total. The van der Waals surface area contributed by atoms with Crippen molar-refractivity contribution in [3.8, 4) is 0 Å². The van der Waals surface area contributed by atoms with Crippen LogP contribution >= 0.6 is 0 Å². The van der Waals surface area contributed by atoms with Crippen LogP contribution in [0.3, 0.4) is 0 Å². The smallest absolute Gasteiger partial charge is 0.0719 e. The van der Waals surface area contributed by atoms with E-state index in [4.69, 9.17) is 4.74 Å². The normalized spacial score (nSPS) is 27.5. The molecule has 3 fully saturated rings. The quantitative estimate of drug-likeness (QED) is 0.742. The summed E-state index contributed by atoms with van der Waals surface area (Å²) in [5, 5.41) is 0. The number of piperidine rings is 2. The molecule has 0 saturated carbocycles. The van der Waals surface area contributed by atoms with Crippen molar-refractivity contribution < 1.29 is 4.74 Å². The number of rotatable bonds is 5. The molecule has 0 amide bonds. The van der Waals surface area contributed by atoms with Crippen LogP contribution < -0.4 is 0 Å². The van der Waals surface area contributed by atoms with Gasteiger partial charge in [-0.05, 0) is 91.8 Å². The fourth-order valence-electron chi connectivity index (χ4n) is 5.13. The summed E-state index contributed by atoms with van der Waals surface area (Å²) < 4.78 is 6.45. The van der Waals surface area contributed by atoms with Gasteiger partial charge in [0.15, 0.2) is 0 Å². The lowest BCUT2D eigenvalue weighted by Gasteiger charge is -2.42. The van der Waals surface area contributed by atoms with Crippen LogP contribution in [0.1, 0.15) is 66.2 Å². The first-order valence-electron chi connectivity index (χ1n) is 11.3. The minimum Gasteiger partial charge on any atom is -0.374 e. The molecule has 26 heavy (non-hydrogen) atoms. The Balaban J connectivity index is 1.38. The van der Waals surface area contributed by atoms with Crippen LogP contribution in [-0.2, 0) is 4.74 Å². The minimum absolute atomic E-state index is 0.183. The Morgan fingerprint density at radius 2 is 1.38 bits per heavy atom. The Bertz CT molecular complexity index is 410. The van der Waals surface area contributed by atoms with E-state index in [0.717, 1.165) is 25.1 Å². The summed E-state index contributed by atoms with van der Waals surface area (Å²) in [4.78, 5) is 7.95. The average molecular weight is 366 g/mol. The van der Waals surface area contributed by atoms with Gasteiger partial charge in [-0.3, -0.25) is 0 Å². The standard InChI is InChI=1S/C22H43N3O/c1-19(2)24-12-6-21(7-13-24)5-11-23-14-8-22(26-18-17-23)9-15-25(16-10-22)20(3)4/h19-21H,5-18H2,1-4H3. The van der Waals surface area contributed by atoms with Gasteiger partial charge in [0.25, 0.3) is 0 Å². The Morgan fingerprint density at radius 3 is 2.00 bits per heavy atom. The summed E-state index contributed by atoms with van der Waals surface area (Å²) in [7, 11) is 0. The van der Waals surface area contributed by atoms with Gasteiger partial charge in [0.1, 0.15) is 0 Å². The molecule has 0 bridgehead atoms. The van der Waals surface area contributed by atoms with E-state index in [1.807, 2.05) is 0 Å². The lowest BCUT2D eigenvalue weighted by molar-refractivity contribution is -0.0815. The van der Waals surface area contributed by atoms with Crippen LogP contribution in [0.4, 0.5) is 0 Å². The summed E-state index contributed by atoms with van der Waals surface area (Å²) in [5.74, 6) is 0.942. The van der Waals surface area contributed by atoms with Gasteiger partial charge in [-0.15, -0.1) is 0 Å². The van der Waals surface area contributed by atoms with Gasteiger partial charge < -0.3 is 19.4 Å². The summed E-state index contributed by atoms with van der Waals surface area (Å²) in [5.41, 5.74) is 0.183. The highest BCUT2D eigenvalue weighted by Crippen LogP contribution is 2.32. The predicted octanol–water partition coefficient (Wildman–Crippen LogP) is 3.46. The highest BCUT2D eigenvalue weighted by molar-refractivity contribution is 4.91.